The topological polar surface area (TPSA) is 51.8 Å². The van der Waals surface area contributed by atoms with Crippen LogP contribution in [0.4, 0.5) is 0 Å². The fourth-order valence-electron chi connectivity index (χ4n) is 7.13. The number of benzene rings is 8. The minimum atomic E-state index is 0.599. The molecule has 2 heterocycles. The fraction of sp³-hybridized carbons (Fsp3) is 0. The van der Waals surface area contributed by atoms with Gasteiger partial charge in [-0.2, -0.15) is 0 Å². The van der Waals surface area contributed by atoms with Crippen molar-refractivity contribution in [3.8, 4) is 45.3 Å². The molecule has 0 spiro atoms. The first-order valence-electron chi connectivity index (χ1n) is 16.4. The number of hydrogen-bond donors (Lipinski definition) is 0. The molecule has 0 aliphatic heterocycles. The van der Waals surface area contributed by atoms with Crippen molar-refractivity contribution in [1.82, 2.24) is 15.0 Å². The first-order valence-corrected chi connectivity index (χ1v) is 16.4. The highest BCUT2D eigenvalue weighted by Crippen LogP contribution is 2.40. The molecular weight excluding hydrogens is 599 g/mol. The summed E-state index contributed by atoms with van der Waals surface area (Å²) in [5.74, 6) is 1.84. The van der Waals surface area contributed by atoms with E-state index in [4.69, 9.17) is 19.4 Å². The average molecular weight is 626 g/mol. The summed E-state index contributed by atoms with van der Waals surface area (Å²) in [6.45, 7) is 0. The Balaban J connectivity index is 1.13. The quantitative estimate of drug-likeness (QED) is 0.144. The van der Waals surface area contributed by atoms with Gasteiger partial charge in [0.25, 0.3) is 0 Å². The lowest BCUT2D eigenvalue weighted by Crippen LogP contribution is -2.00. The molecule has 8 aromatic carbocycles. The fourth-order valence-corrected chi connectivity index (χ4v) is 7.13. The van der Waals surface area contributed by atoms with E-state index in [2.05, 4.69) is 109 Å². The maximum Gasteiger partial charge on any atom is 0.164 e. The molecule has 0 N–H and O–H groups in total. The van der Waals surface area contributed by atoms with E-state index in [0.717, 1.165) is 44.2 Å². The average Bonchev–Trinajstić information content (AvgIpc) is 3.55. The molecule has 10 rings (SSSR count). The third-order valence-electron chi connectivity index (χ3n) is 9.51. The molecule has 0 saturated heterocycles. The summed E-state index contributed by atoms with van der Waals surface area (Å²) in [7, 11) is 0. The third-order valence-corrected chi connectivity index (χ3v) is 9.51. The van der Waals surface area contributed by atoms with Crippen molar-refractivity contribution in [1.29, 1.82) is 0 Å². The van der Waals surface area contributed by atoms with Gasteiger partial charge in [-0.15, -0.1) is 0 Å². The summed E-state index contributed by atoms with van der Waals surface area (Å²) < 4.78 is 6.21. The highest BCUT2D eigenvalue weighted by Gasteiger charge is 2.16. The number of aromatic nitrogens is 3. The van der Waals surface area contributed by atoms with Crippen molar-refractivity contribution >= 4 is 54.3 Å². The van der Waals surface area contributed by atoms with Gasteiger partial charge >= 0.3 is 0 Å². The number of fused-ring (bicyclic) bond motifs is 7. The zero-order valence-electron chi connectivity index (χ0n) is 26.3. The van der Waals surface area contributed by atoms with E-state index >= 15 is 0 Å². The predicted octanol–water partition coefficient (Wildman–Crippen LogP) is 11.9. The molecule has 10 aromatic rings. The molecule has 228 valence electrons. The van der Waals surface area contributed by atoms with Crippen LogP contribution in [0.15, 0.2) is 168 Å². The van der Waals surface area contributed by atoms with Crippen molar-refractivity contribution in [3.63, 3.8) is 0 Å². The van der Waals surface area contributed by atoms with Gasteiger partial charge in [0.05, 0.1) is 0 Å². The van der Waals surface area contributed by atoms with Crippen LogP contribution in [0.25, 0.3) is 99.5 Å². The van der Waals surface area contributed by atoms with Crippen LogP contribution in [0.1, 0.15) is 0 Å². The molecule has 0 bridgehead atoms. The Kier molecular flexibility index (Phi) is 6.15. The van der Waals surface area contributed by atoms with E-state index < -0.39 is 0 Å². The maximum absolute atomic E-state index is 6.21. The molecule has 2 aromatic heterocycles. The number of para-hydroxylation sites is 1. The Labute approximate surface area is 282 Å². The molecular formula is C45H27N3O. The minimum absolute atomic E-state index is 0.599. The summed E-state index contributed by atoms with van der Waals surface area (Å²) in [6.07, 6.45) is 0. The van der Waals surface area contributed by atoms with Crippen LogP contribution in [-0.2, 0) is 0 Å². The van der Waals surface area contributed by atoms with Crippen LogP contribution in [0.2, 0.25) is 0 Å². The van der Waals surface area contributed by atoms with Crippen LogP contribution in [0.5, 0.6) is 0 Å². The Morgan fingerprint density at radius 3 is 1.65 bits per heavy atom. The van der Waals surface area contributed by atoms with Crippen molar-refractivity contribution in [2.45, 2.75) is 0 Å². The second-order valence-corrected chi connectivity index (χ2v) is 12.4. The van der Waals surface area contributed by atoms with E-state index in [-0.39, 0.29) is 0 Å². The van der Waals surface area contributed by atoms with Gasteiger partial charge in [-0.05, 0) is 67.7 Å². The lowest BCUT2D eigenvalue weighted by Gasteiger charge is -2.14. The molecule has 49 heavy (non-hydrogen) atoms. The van der Waals surface area contributed by atoms with Gasteiger partial charge in [0.15, 0.2) is 17.5 Å². The molecule has 0 atom stereocenters. The third kappa shape index (κ3) is 4.57. The van der Waals surface area contributed by atoms with Crippen molar-refractivity contribution in [2.24, 2.45) is 0 Å². The largest absolute Gasteiger partial charge is 0.456 e. The first-order chi connectivity index (χ1) is 24.3. The van der Waals surface area contributed by atoms with Crippen molar-refractivity contribution in [2.75, 3.05) is 0 Å². The normalized spacial score (nSPS) is 11.7. The van der Waals surface area contributed by atoms with Crippen LogP contribution in [0.3, 0.4) is 0 Å². The summed E-state index contributed by atoms with van der Waals surface area (Å²) in [4.78, 5) is 15.0. The number of furan rings is 1. The van der Waals surface area contributed by atoms with E-state index in [0.29, 0.717) is 17.5 Å². The molecule has 4 nitrogen and oxygen atoms in total. The lowest BCUT2D eigenvalue weighted by molar-refractivity contribution is 0.669. The Morgan fingerprint density at radius 1 is 0.306 bits per heavy atom. The van der Waals surface area contributed by atoms with Gasteiger partial charge in [0.1, 0.15) is 11.2 Å². The number of hydrogen-bond acceptors (Lipinski definition) is 4. The van der Waals surface area contributed by atoms with Gasteiger partial charge in [-0.3, -0.25) is 0 Å². The monoisotopic (exact) mass is 625 g/mol. The van der Waals surface area contributed by atoms with Crippen LogP contribution in [0, 0.1) is 0 Å². The standard InChI is InChI=1S/C45H27N3O/c1-2-11-30(12-3-1)43-46-44(48-45(47-43)33-23-24-37-36-16-8-9-17-40(36)49-41(37)27-33)31-20-18-29(19-21-31)42-35-15-7-5-13-32(35)26-39-34-14-6-4-10-28(34)22-25-38(39)42/h1-27H. The highest BCUT2D eigenvalue weighted by atomic mass is 16.3. The highest BCUT2D eigenvalue weighted by molar-refractivity contribution is 6.20. The molecule has 0 aliphatic rings. The molecule has 0 saturated carbocycles. The van der Waals surface area contributed by atoms with Crippen molar-refractivity contribution in [3.05, 3.63) is 164 Å². The Hall–Kier alpha value is -6.65. The smallest absolute Gasteiger partial charge is 0.164 e. The van der Waals surface area contributed by atoms with Crippen LogP contribution < -0.4 is 0 Å². The molecule has 0 fully saturated rings. The van der Waals surface area contributed by atoms with Gasteiger partial charge < -0.3 is 4.42 Å². The maximum atomic E-state index is 6.21. The second kappa shape index (κ2) is 11.0. The van der Waals surface area contributed by atoms with Crippen LogP contribution in [-0.4, -0.2) is 15.0 Å². The Morgan fingerprint density at radius 2 is 0.857 bits per heavy atom. The van der Waals surface area contributed by atoms with Crippen LogP contribution >= 0.6 is 0 Å². The molecule has 0 radical (unpaired) electrons. The molecule has 0 amide bonds. The summed E-state index contributed by atoms with van der Waals surface area (Å²) in [6, 6.07) is 57.1. The summed E-state index contributed by atoms with van der Waals surface area (Å²) >= 11 is 0. The van der Waals surface area contributed by atoms with Crippen molar-refractivity contribution < 1.29 is 4.42 Å². The number of nitrogens with zero attached hydrogens (tertiary/aromatic N) is 3. The predicted molar refractivity (Wildman–Crippen MR) is 201 cm³/mol. The summed E-state index contributed by atoms with van der Waals surface area (Å²) in [5.41, 5.74) is 6.77. The zero-order chi connectivity index (χ0) is 32.3. The van der Waals surface area contributed by atoms with Gasteiger partial charge in [-0.25, -0.2) is 15.0 Å². The van der Waals surface area contributed by atoms with Gasteiger partial charge in [0, 0.05) is 27.5 Å². The van der Waals surface area contributed by atoms with E-state index in [1.54, 1.807) is 0 Å². The van der Waals surface area contributed by atoms with E-state index in [1.807, 2.05) is 54.6 Å². The lowest BCUT2D eigenvalue weighted by atomic mass is 9.89. The zero-order valence-corrected chi connectivity index (χ0v) is 26.3. The van der Waals surface area contributed by atoms with E-state index in [9.17, 15) is 0 Å². The SMILES string of the molecule is c1ccc(-c2nc(-c3ccc(-c4c5ccccc5cc5c4ccc4ccccc45)cc3)nc(-c3ccc4c(c3)oc3ccccc34)n2)cc1. The number of rotatable bonds is 4. The molecule has 4 heteroatoms. The molecule has 0 aliphatic carbocycles. The molecule has 0 unspecified atom stereocenters. The first kappa shape index (κ1) is 27.5. The van der Waals surface area contributed by atoms with Gasteiger partial charge in [-0.1, -0.05) is 140 Å². The summed E-state index contributed by atoms with van der Waals surface area (Å²) in [5, 5.41) is 9.61. The van der Waals surface area contributed by atoms with Gasteiger partial charge in [0.2, 0.25) is 0 Å². The Bertz CT molecular complexity index is 2870. The second-order valence-electron chi connectivity index (χ2n) is 12.4. The minimum Gasteiger partial charge on any atom is -0.456 e. The van der Waals surface area contributed by atoms with E-state index in [1.165, 1.54) is 37.9 Å².